The van der Waals surface area contributed by atoms with Gasteiger partial charge < -0.3 is 25.8 Å². The maximum atomic E-state index is 12.2. The number of nitrogens with one attached hydrogen (secondary N) is 3. The molecule has 0 bridgehead atoms. The molecule has 4 N–H and O–H groups in total. The summed E-state index contributed by atoms with van der Waals surface area (Å²) in [7, 11) is 0. The lowest BCUT2D eigenvalue weighted by molar-refractivity contribution is -0.152. The van der Waals surface area contributed by atoms with E-state index in [1.807, 2.05) is 11.4 Å². The number of carbonyl (C=O) groups is 3. The van der Waals surface area contributed by atoms with Crippen molar-refractivity contribution >= 4 is 46.3 Å². The Kier molecular flexibility index (Phi) is 6.56. The lowest BCUT2D eigenvalue weighted by Crippen LogP contribution is -2.37. The van der Waals surface area contributed by atoms with Crippen molar-refractivity contribution in [1.82, 2.24) is 0 Å². The molecule has 0 fully saturated rings. The molecule has 0 unspecified atom stereocenters. The van der Waals surface area contributed by atoms with Gasteiger partial charge in [0.25, 0.3) is 5.91 Å². The van der Waals surface area contributed by atoms with Crippen LogP contribution in [0.3, 0.4) is 0 Å². The Labute approximate surface area is 182 Å². The molecule has 0 saturated heterocycles. The van der Waals surface area contributed by atoms with Crippen molar-refractivity contribution in [3.05, 3.63) is 70.9 Å². The molecule has 3 rings (SSSR count). The van der Waals surface area contributed by atoms with E-state index in [4.69, 9.17) is 9.84 Å². The quantitative estimate of drug-likeness (QED) is 0.418. The molecule has 0 aliphatic rings. The smallest absolute Gasteiger partial charge is 0.347 e. The molecule has 0 spiro atoms. The van der Waals surface area contributed by atoms with E-state index in [9.17, 15) is 14.4 Å². The van der Waals surface area contributed by atoms with Gasteiger partial charge in [0.05, 0.1) is 4.88 Å². The summed E-state index contributed by atoms with van der Waals surface area (Å²) in [5.41, 5.74) is 0.318. The van der Waals surface area contributed by atoms with Gasteiger partial charge in [0.1, 0.15) is 5.75 Å². The Morgan fingerprint density at radius 2 is 1.35 bits per heavy atom. The maximum absolute atomic E-state index is 12.2. The molecule has 3 aromatic rings. The lowest BCUT2D eigenvalue weighted by Gasteiger charge is -2.21. The SMILES string of the molecule is CC(C)(Oc1ccc(NC(=O)Nc2ccc(NC(=O)c3cccs3)cc2)cc1)C(=O)O. The minimum atomic E-state index is -1.36. The number of benzene rings is 2. The van der Waals surface area contributed by atoms with Crippen LogP contribution in [0, 0.1) is 0 Å². The number of ether oxygens (including phenoxy) is 1. The number of rotatable bonds is 7. The monoisotopic (exact) mass is 439 g/mol. The van der Waals surface area contributed by atoms with Crippen LogP contribution in [-0.2, 0) is 4.79 Å². The van der Waals surface area contributed by atoms with E-state index in [1.165, 1.54) is 25.2 Å². The van der Waals surface area contributed by atoms with Gasteiger partial charge in [-0.05, 0) is 73.8 Å². The number of hydrogen-bond acceptors (Lipinski definition) is 5. The topological polar surface area (TPSA) is 117 Å². The standard InChI is InChI=1S/C22H21N3O5S/c1-22(2,20(27)28)30-17-11-9-16(10-12-17)25-21(29)24-15-7-5-14(6-8-15)23-19(26)18-4-3-13-31-18/h3-13H,1-2H3,(H,23,26)(H,27,28)(H2,24,25,29). The average molecular weight is 439 g/mol. The molecule has 0 aliphatic carbocycles. The number of aliphatic carboxylic acids is 1. The number of urea groups is 1. The van der Waals surface area contributed by atoms with Crippen LogP contribution in [0.25, 0.3) is 0 Å². The summed E-state index contributed by atoms with van der Waals surface area (Å²) in [6.07, 6.45) is 0. The number of anilines is 3. The summed E-state index contributed by atoms with van der Waals surface area (Å²) in [5.74, 6) is -0.891. The fourth-order valence-corrected chi connectivity index (χ4v) is 3.09. The molecule has 160 valence electrons. The van der Waals surface area contributed by atoms with Gasteiger partial charge in [-0.3, -0.25) is 4.79 Å². The molecular weight excluding hydrogens is 418 g/mol. The van der Waals surface area contributed by atoms with Gasteiger partial charge in [0.15, 0.2) is 5.60 Å². The van der Waals surface area contributed by atoms with E-state index in [2.05, 4.69) is 16.0 Å². The molecular formula is C22H21N3O5S. The van der Waals surface area contributed by atoms with Gasteiger partial charge in [0, 0.05) is 17.1 Å². The molecule has 2 aromatic carbocycles. The van der Waals surface area contributed by atoms with Crippen LogP contribution in [0.1, 0.15) is 23.5 Å². The van der Waals surface area contributed by atoms with E-state index in [-0.39, 0.29) is 5.91 Å². The summed E-state index contributed by atoms with van der Waals surface area (Å²) in [5, 5.41) is 19.1. The van der Waals surface area contributed by atoms with Crippen LogP contribution >= 0.6 is 11.3 Å². The maximum Gasteiger partial charge on any atom is 0.347 e. The van der Waals surface area contributed by atoms with Crippen LogP contribution in [0.15, 0.2) is 66.0 Å². The molecule has 0 atom stereocenters. The van der Waals surface area contributed by atoms with Crippen molar-refractivity contribution in [3.8, 4) is 5.75 Å². The van der Waals surface area contributed by atoms with Crippen molar-refractivity contribution in [2.75, 3.05) is 16.0 Å². The third-order valence-electron chi connectivity index (χ3n) is 4.15. The predicted molar refractivity (Wildman–Crippen MR) is 120 cm³/mol. The van der Waals surface area contributed by atoms with E-state index >= 15 is 0 Å². The van der Waals surface area contributed by atoms with Crippen molar-refractivity contribution in [2.24, 2.45) is 0 Å². The minimum Gasteiger partial charge on any atom is -0.478 e. The molecule has 31 heavy (non-hydrogen) atoms. The molecule has 9 heteroatoms. The molecule has 0 aliphatic heterocycles. The second kappa shape index (κ2) is 9.31. The first-order chi connectivity index (χ1) is 14.7. The number of carboxylic acids is 1. The first-order valence-corrected chi connectivity index (χ1v) is 10.2. The molecule has 8 nitrogen and oxygen atoms in total. The Morgan fingerprint density at radius 1 is 0.839 bits per heavy atom. The first kappa shape index (κ1) is 21.8. The largest absolute Gasteiger partial charge is 0.478 e. The van der Waals surface area contributed by atoms with Gasteiger partial charge >= 0.3 is 12.0 Å². The van der Waals surface area contributed by atoms with Crippen molar-refractivity contribution < 1.29 is 24.2 Å². The van der Waals surface area contributed by atoms with Crippen LogP contribution < -0.4 is 20.7 Å². The normalized spacial score (nSPS) is 10.8. The van der Waals surface area contributed by atoms with Gasteiger partial charge in [-0.25, -0.2) is 9.59 Å². The van der Waals surface area contributed by atoms with E-state index in [0.717, 1.165) is 0 Å². The zero-order valence-electron chi connectivity index (χ0n) is 16.8. The van der Waals surface area contributed by atoms with Crippen molar-refractivity contribution in [2.45, 2.75) is 19.4 Å². The molecule has 0 saturated carbocycles. The Bertz CT molecular complexity index is 1060. The van der Waals surface area contributed by atoms with E-state index < -0.39 is 17.6 Å². The highest BCUT2D eigenvalue weighted by atomic mass is 32.1. The molecule has 1 heterocycles. The van der Waals surface area contributed by atoms with Crippen LogP contribution in [0.2, 0.25) is 0 Å². The summed E-state index contributed by atoms with van der Waals surface area (Å²) in [4.78, 5) is 36.0. The zero-order valence-corrected chi connectivity index (χ0v) is 17.7. The summed E-state index contributed by atoms with van der Waals surface area (Å²) in [6.45, 7) is 2.90. The van der Waals surface area contributed by atoms with E-state index in [0.29, 0.717) is 27.7 Å². The van der Waals surface area contributed by atoms with Crippen LogP contribution in [0.5, 0.6) is 5.75 Å². The summed E-state index contributed by atoms with van der Waals surface area (Å²) in [6, 6.07) is 16.2. The zero-order chi connectivity index (χ0) is 22.4. The number of hydrogen-bond donors (Lipinski definition) is 4. The van der Waals surface area contributed by atoms with Gasteiger partial charge in [-0.2, -0.15) is 0 Å². The number of amides is 3. The lowest BCUT2D eigenvalue weighted by atomic mass is 10.1. The van der Waals surface area contributed by atoms with Gasteiger partial charge in [-0.1, -0.05) is 6.07 Å². The minimum absolute atomic E-state index is 0.187. The second-order valence-electron chi connectivity index (χ2n) is 7.03. The highest BCUT2D eigenvalue weighted by molar-refractivity contribution is 7.12. The number of carbonyl (C=O) groups excluding carboxylic acids is 2. The molecule has 0 radical (unpaired) electrons. The highest BCUT2D eigenvalue weighted by Crippen LogP contribution is 2.22. The highest BCUT2D eigenvalue weighted by Gasteiger charge is 2.29. The van der Waals surface area contributed by atoms with Gasteiger partial charge in [0.2, 0.25) is 0 Å². The number of thiophene rings is 1. The van der Waals surface area contributed by atoms with Gasteiger partial charge in [-0.15, -0.1) is 11.3 Å². The fourth-order valence-electron chi connectivity index (χ4n) is 2.48. The van der Waals surface area contributed by atoms with Crippen molar-refractivity contribution in [3.63, 3.8) is 0 Å². The Balaban J connectivity index is 1.52. The third-order valence-corrected chi connectivity index (χ3v) is 5.01. The predicted octanol–water partition coefficient (Wildman–Crippen LogP) is 4.89. The Morgan fingerprint density at radius 3 is 1.84 bits per heavy atom. The van der Waals surface area contributed by atoms with Crippen LogP contribution in [-0.4, -0.2) is 28.6 Å². The molecule has 3 amide bonds. The first-order valence-electron chi connectivity index (χ1n) is 9.28. The third kappa shape index (κ3) is 6.06. The fraction of sp³-hybridized carbons (Fsp3) is 0.136. The van der Waals surface area contributed by atoms with E-state index in [1.54, 1.807) is 54.6 Å². The van der Waals surface area contributed by atoms with Crippen LogP contribution in [0.4, 0.5) is 21.9 Å². The Hall–Kier alpha value is -3.85. The summed E-state index contributed by atoms with van der Waals surface area (Å²) >= 11 is 1.36. The number of carboxylic acid groups (broad SMARTS) is 1. The van der Waals surface area contributed by atoms with Crippen molar-refractivity contribution in [1.29, 1.82) is 0 Å². The molecule has 1 aromatic heterocycles. The second-order valence-corrected chi connectivity index (χ2v) is 7.98. The average Bonchev–Trinajstić information content (AvgIpc) is 3.26. The summed E-state index contributed by atoms with van der Waals surface area (Å²) < 4.78 is 5.42.